The van der Waals surface area contributed by atoms with Crippen molar-refractivity contribution in [1.82, 2.24) is 0 Å². The lowest BCUT2D eigenvalue weighted by molar-refractivity contribution is -0.120. The maximum atomic E-state index is 13.4. The first kappa shape index (κ1) is 24.1. The first-order valence-corrected chi connectivity index (χ1v) is 12.9. The molecule has 1 aliphatic carbocycles. The van der Waals surface area contributed by atoms with Crippen molar-refractivity contribution in [2.24, 2.45) is 5.92 Å². The third kappa shape index (κ3) is 6.51. The number of thioether (sulfide) groups is 1. The highest BCUT2D eigenvalue weighted by molar-refractivity contribution is 8.00. The van der Waals surface area contributed by atoms with Crippen molar-refractivity contribution in [2.75, 3.05) is 10.6 Å². The number of rotatable bonds is 7. The normalized spacial score (nSPS) is 14.9. The zero-order chi connectivity index (χ0) is 23.9. The maximum Gasteiger partial charge on any atom is 0.242 e. The lowest BCUT2D eigenvalue weighted by Crippen LogP contribution is -2.24. The minimum absolute atomic E-state index is 0.0714. The van der Waals surface area contributed by atoms with Gasteiger partial charge < -0.3 is 10.6 Å². The first-order valence-electron chi connectivity index (χ1n) is 12.0. The molecular weight excluding hydrogens is 440 g/mol. The van der Waals surface area contributed by atoms with Crippen LogP contribution >= 0.6 is 11.8 Å². The van der Waals surface area contributed by atoms with E-state index in [1.54, 1.807) is 0 Å². The Morgan fingerprint density at radius 1 is 0.794 bits per heavy atom. The van der Waals surface area contributed by atoms with Crippen LogP contribution in [0.2, 0.25) is 0 Å². The van der Waals surface area contributed by atoms with Gasteiger partial charge in [0.25, 0.3) is 0 Å². The smallest absolute Gasteiger partial charge is 0.242 e. The summed E-state index contributed by atoms with van der Waals surface area (Å²) in [6.07, 6.45) is 5.41. The summed E-state index contributed by atoms with van der Waals surface area (Å²) in [5.74, 6) is 0.137. The Bertz CT molecular complexity index is 1120. The molecule has 0 aliphatic heterocycles. The summed E-state index contributed by atoms with van der Waals surface area (Å²) < 4.78 is 0. The van der Waals surface area contributed by atoms with Crippen molar-refractivity contribution < 1.29 is 9.59 Å². The van der Waals surface area contributed by atoms with E-state index in [9.17, 15) is 9.59 Å². The van der Waals surface area contributed by atoms with E-state index in [2.05, 4.69) is 16.7 Å². The van der Waals surface area contributed by atoms with E-state index in [1.165, 1.54) is 18.2 Å². The SMILES string of the molecule is Cc1cc(C)cc(NC(=O)C(Sc2cccc(NC(=O)C3CCCCC3)c2)c2ccccc2)c1. The molecule has 0 spiro atoms. The summed E-state index contributed by atoms with van der Waals surface area (Å²) in [5, 5.41) is 5.77. The number of anilines is 2. The summed E-state index contributed by atoms with van der Waals surface area (Å²) in [5.41, 5.74) is 4.74. The van der Waals surface area contributed by atoms with Crippen LogP contribution in [0.5, 0.6) is 0 Å². The topological polar surface area (TPSA) is 58.2 Å². The Morgan fingerprint density at radius 2 is 1.50 bits per heavy atom. The largest absolute Gasteiger partial charge is 0.326 e. The van der Waals surface area contributed by atoms with E-state index in [0.29, 0.717) is 0 Å². The van der Waals surface area contributed by atoms with Crippen LogP contribution in [0.3, 0.4) is 0 Å². The van der Waals surface area contributed by atoms with Gasteiger partial charge in [-0.05, 0) is 73.7 Å². The molecule has 0 saturated heterocycles. The number of carbonyl (C=O) groups is 2. The predicted octanol–water partition coefficient (Wildman–Crippen LogP) is 7.29. The van der Waals surface area contributed by atoms with Gasteiger partial charge in [-0.2, -0.15) is 0 Å². The van der Waals surface area contributed by atoms with Crippen LogP contribution in [0.25, 0.3) is 0 Å². The second kappa shape index (κ2) is 11.4. The molecule has 0 aromatic heterocycles. The van der Waals surface area contributed by atoms with Gasteiger partial charge in [-0.1, -0.05) is 61.7 Å². The van der Waals surface area contributed by atoms with Crippen molar-refractivity contribution >= 4 is 35.0 Å². The van der Waals surface area contributed by atoms with E-state index >= 15 is 0 Å². The molecule has 2 amide bonds. The quantitative estimate of drug-likeness (QED) is 0.355. The number of aryl methyl sites for hydroxylation is 2. The Kier molecular flexibility index (Phi) is 8.07. The van der Waals surface area contributed by atoms with Crippen molar-refractivity contribution in [2.45, 2.75) is 56.1 Å². The van der Waals surface area contributed by atoms with Crippen LogP contribution < -0.4 is 10.6 Å². The summed E-state index contributed by atoms with van der Waals surface area (Å²) in [7, 11) is 0. The van der Waals surface area contributed by atoms with Gasteiger partial charge in [-0.3, -0.25) is 9.59 Å². The zero-order valence-corrected chi connectivity index (χ0v) is 20.7. The molecule has 34 heavy (non-hydrogen) atoms. The molecule has 1 fully saturated rings. The van der Waals surface area contributed by atoms with E-state index in [4.69, 9.17) is 0 Å². The summed E-state index contributed by atoms with van der Waals surface area (Å²) >= 11 is 1.49. The number of carbonyl (C=O) groups excluding carboxylic acids is 2. The number of amides is 2. The van der Waals surface area contributed by atoms with Gasteiger partial charge in [0.05, 0.1) is 0 Å². The fourth-order valence-corrected chi connectivity index (χ4v) is 5.63. The average Bonchev–Trinajstić information content (AvgIpc) is 2.83. The molecule has 0 heterocycles. The van der Waals surface area contributed by atoms with Gasteiger partial charge in [-0.15, -0.1) is 11.8 Å². The highest BCUT2D eigenvalue weighted by atomic mass is 32.2. The standard InChI is InChI=1S/C29H32N2O2S/c1-20-16-21(2)18-25(17-20)31-29(33)27(22-10-5-3-6-11-22)34-26-15-9-14-24(19-26)30-28(32)23-12-7-4-8-13-23/h3,5-6,9-11,14-19,23,27H,4,7-8,12-13H2,1-2H3,(H,30,32)(H,31,33). The summed E-state index contributed by atoms with van der Waals surface area (Å²) in [6, 6.07) is 23.7. The number of hydrogen-bond donors (Lipinski definition) is 2. The lowest BCUT2D eigenvalue weighted by atomic mass is 9.88. The minimum atomic E-state index is -0.425. The third-order valence-corrected chi connectivity index (χ3v) is 7.41. The minimum Gasteiger partial charge on any atom is -0.326 e. The average molecular weight is 473 g/mol. The van der Waals surface area contributed by atoms with E-state index in [1.807, 2.05) is 80.6 Å². The Hall–Kier alpha value is -3.05. The number of nitrogens with one attached hydrogen (secondary N) is 2. The van der Waals surface area contributed by atoms with Crippen molar-refractivity contribution in [1.29, 1.82) is 0 Å². The van der Waals surface area contributed by atoms with Gasteiger partial charge in [0.2, 0.25) is 11.8 Å². The molecule has 0 bridgehead atoms. The van der Waals surface area contributed by atoms with Gasteiger partial charge in [0.15, 0.2) is 0 Å². The molecule has 3 aromatic carbocycles. The van der Waals surface area contributed by atoms with Crippen LogP contribution in [-0.2, 0) is 9.59 Å². The molecule has 1 saturated carbocycles. The molecule has 3 aromatic rings. The predicted molar refractivity (Wildman–Crippen MR) is 141 cm³/mol. The molecular formula is C29H32N2O2S. The summed E-state index contributed by atoms with van der Waals surface area (Å²) in [6.45, 7) is 4.05. The third-order valence-electron chi connectivity index (χ3n) is 6.16. The molecule has 1 atom stereocenters. The molecule has 4 nitrogen and oxygen atoms in total. The Morgan fingerprint density at radius 3 is 2.21 bits per heavy atom. The van der Waals surface area contributed by atoms with Crippen LogP contribution in [0.15, 0.2) is 77.7 Å². The molecule has 1 aliphatic rings. The van der Waals surface area contributed by atoms with E-state index in [0.717, 1.165) is 58.6 Å². The van der Waals surface area contributed by atoms with E-state index < -0.39 is 5.25 Å². The number of hydrogen-bond acceptors (Lipinski definition) is 3. The van der Waals surface area contributed by atoms with Gasteiger partial charge in [-0.25, -0.2) is 0 Å². The number of benzene rings is 3. The van der Waals surface area contributed by atoms with Crippen LogP contribution in [-0.4, -0.2) is 11.8 Å². The fourth-order valence-electron chi connectivity index (χ4n) is 4.55. The van der Waals surface area contributed by atoms with Gasteiger partial charge >= 0.3 is 0 Å². The molecule has 4 rings (SSSR count). The van der Waals surface area contributed by atoms with Gasteiger partial charge in [0.1, 0.15) is 5.25 Å². The molecule has 5 heteroatoms. The van der Waals surface area contributed by atoms with Crippen LogP contribution in [0, 0.1) is 19.8 Å². The molecule has 0 radical (unpaired) electrons. The Balaban J connectivity index is 1.52. The van der Waals surface area contributed by atoms with Crippen LogP contribution in [0.4, 0.5) is 11.4 Å². The fraction of sp³-hybridized carbons (Fsp3) is 0.310. The molecule has 2 N–H and O–H groups in total. The second-order valence-electron chi connectivity index (χ2n) is 9.13. The molecule has 176 valence electrons. The Labute approximate surface area is 206 Å². The highest BCUT2D eigenvalue weighted by Gasteiger charge is 2.24. The highest BCUT2D eigenvalue weighted by Crippen LogP contribution is 2.37. The van der Waals surface area contributed by atoms with Crippen molar-refractivity contribution in [3.63, 3.8) is 0 Å². The van der Waals surface area contributed by atoms with Crippen molar-refractivity contribution in [3.8, 4) is 0 Å². The second-order valence-corrected chi connectivity index (χ2v) is 10.3. The first-order chi connectivity index (χ1) is 16.5. The van der Waals surface area contributed by atoms with Gasteiger partial charge in [0, 0.05) is 22.2 Å². The monoisotopic (exact) mass is 472 g/mol. The lowest BCUT2D eigenvalue weighted by Gasteiger charge is -2.21. The zero-order valence-electron chi connectivity index (χ0n) is 19.8. The molecule has 1 unspecified atom stereocenters. The van der Waals surface area contributed by atoms with Crippen molar-refractivity contribution in [3.05, 3.63) is 89.5 Å². The maximum absolute atomic E-state index is 13.4. The van der Waals surface area contributed by atoms with E-state index in [-0.39, 0.29) is 17.7 Å². The van der Waals surface area contributed by atoms with Crippen LogP contribution in [0.1, 0.15) is 54.0 Å². The summed E-state index contributed by atoms with van der Waals surface area (Å²) in [4.78, 5) is 27.1.